The van der Waals surface area contributed by atoms with Crippen molar-refractivity contribution in [3.8, 4) is 0 Å². The second-order valence-corrected chi connectivity index (χ2v) is 10.7. The molecule has 0 bridgehead atoms. The van der Waals surface area contributed by atoms with Crippen molar-refractivity contribution >= 4 is 66.9 Å². The summed E-state index contributed by atoms with van der Waals surface area (Å²) in [5.74, 6) is -1.20. The van der Waals surface area contributed by atoms with Gasteiger partial charge in [-0.1, -0.05) is 23.9 Å². The van der Waals surface area contributed by atoms with Gasteiger partial charge in [0.2, 0.25) is 5.91 Å². The second-order valence-electron chi connectivity index (χ2n) is 6.16. The highest BCUT2D eigenvalue weighted by molar-refractivity contribution is 14.1. The van der Waals surface area contributed by atoms with E-state index in [0.717, 1.165) is 9.26 Å². The van der Waals surface area contributed by atoms with Crippen LogP contribution in [-0.2, 0) is 19.4 Å². The molecular formula is C16H17IN2O5S2. The first kappa shape index (κ1) is 19.6. The normalized spacial score (nSPS) is 25.4. The molecule has 26 heavy (non-hydrogen) atoms. The monoisotopic (exact) mass is 508 g/mol. The Bertz CT molecular complexity index is 871. The Kier molecular flexibility index (Phi) is 5.92. The molecule has 0 aromatic heterocycles. The summed E-state index contributed by atoms with van der Waals surface area (Å²) in [5.41, 5.74) is 0.835. The van der Waals surface area contributed by atoms with Crippen molar-refractivity contribution < 1.29 is 23.1 Å². The molecule has 2 fully saturated rings. The number of carbonyl (C=O) groups is 2. The maximum atomic E-state index is 12.1. The number of sulfone groups is 1. The van der Waals surface area contributed by atoms with Crippen LogP contribution in [0, 0.1) is 3.57 Å². The highest BCUT2D eigenvalue weighted by atomic mass is 127. The summed E-state index contributed by atoms with van der Waals surface area (Å²) in [6, 6.07) is 7.33. The third-order valence-corrected chi connectivity index (χ3v) is 8.30. The summed E-state index contributed by atoms with van der Waals surface area (Å²) < 4.78 is 25.0. The first-order valence-corrected chi connectivity index (χ1v) is 11.8. The van der Waals surface area contributed by atoms with Crippen molar-refractivity contribution in [2.24, 2.45) is 4.99 Å². The van der Waals surface area contributed by atoms with Crippen molar-refractivity contribution in [1.29, 1.82) is 0 Å². The molecular weight excluding hydrogens is 491 g/mol. The van der Waals surface area contributed by atoms with Crippen molar-refractivity contribution in [2.75, 3.05) is 16.4 Å². The molecule has 2 atom stereocenters. The first-order valence-electron chi connectivity index (χ1n) is 8.01. The van der Waals surface area contributed by atoms with Gasteiger partial charge in [0.15, 0.2) is 15.0 Å². The molecule has 1 aromatic rings. The van der Waals surface area contributed by atoms with Gasteiger partial charge in [0.25, 0.3) is 0 Å². The standard InChI is InChI=1S/C16H17IN2O5S2/c17-10-4-1-2-5-11(10)19-12-8-26(23,24)9-13(12)25-16(19)18-14(20)6-3-7-15(21)22/h1-2,4-5,12-13H,3,6-9H2,(H,21,22)/t12-,13-/m1/s1. The van der Waals surface area contributed by atoms with Crippen LogP contribution in [0.1, 0.15) is 19.3 Å². The van der Waals surface area contributed by atoms with E-state index in [0.29, 0.717) is 5.17 Å². The number of carboxylic acid groups (broad SMARTS) is 1. The number of halogens is 1. The number of fused-ring (bicyclic) bond motifs is 1. The fourth-order valence-electron chi connectivity index (χ4n) is 3.05. The third-order valence-electron chi connectivity index (χ3n) is 4.18. The van der Waals surface area contributed by atoms with Crippen LogP contribution in [0.15, 0.2) is 29.3 Å². The van der Waals surface area contributed by atoms with Gasteiger partial charge in [0.05, 0.1) is 23.2 Å². The predicted molar refractivity (Wildman–Crippen MR) is 109 cm³/mol. The molecule has 0 spiro atoms. The lowest BCUT2D eigenvalue weighted by atomic mass is 10.2. The first-order chi connectivity index (χ1) is 12.3. The molecule has 0 saturated carbocycles. The highest BCUT2D eigenvalue weighted by Gasteiger charge is 2.49. The van der Waals surface area contributed by atoms with Crippen molar-refractivity contribution in [3.05, 3.63) is 27.8 Å². The van der Waals surface area contributed by atoms with Gasteiger partial charge in [-0.05, 0) is 41.1 Å². The molecule has 140 valence electrons. The van der Waals surface area contributed by atoms with Crippen LogP contribution >= 0.6 is 34.4 Å². The lowest BCUT2D eigenvalue weighted by Crippen LogP contribution is -2.38. The quantitative estimate of drug-likeness (QED) is 0.608. The maximum absolute atomic E-state index is 12.1. The van der Waals surface area contributed by atoms with E-state index in [1.54, 1.807) is 0 Å². The zero-order valence-corrected chi connectivity index (χ0v) is 17.5. The number of carbonyl (C=O) groups excluding carboxylic acids is 1. The molecule has 2 aliphatic rings. The Balaban J connectivity index is 1.87. The number of nitrogens with zero attached hydrogens (tertiary/aromatic N) is 2. The molecule has 0 aliphatic carbocycles. The van der Waals surface area contributed by atoms with E-state index >= 15 is 0 Å². The number of hydrogen-bond acceptors (Lipinski definition) is 5. The average Bonchev–Trinajstić information content (AvgIpc) is 2.98. The molecule has 1 amide bonds. The number of benzene rings is 1. The van der Waals surface area contributed by atoms with Gasteiger partial charge < -0.3 is 10.0 Å². The van der Waals surface area contributed by atoms with E-state index in [-0.39, 0.29) is 48.0 Å². The van der Waals surface area contributed by atoms with Crippen LogP contribution in [0.5, 0.6) is 0 Å². The van der Waals surface area contributed by atoms with E-state index < -0.39 is 15.8 Å². The summed E-state index contributed by atoms with van der Waals surface area (Å²) in [6.07, 6.45) is 0.219. The number of para-hydroxylation sites is 1. The van der Waals surface area contributed by atoms with Gasteiger partial charge in [-0.25, -0.2) is 8.42 Å². The number of carboxylic acids is 1. The zero-order valence-electron chi connectivity index (χ0n) is 13.7. The fourth-order valence-corrected chi connectivity index (χ4v) is 7.62. The van der Waals surface area contributed by atoms with E-state index in [4.69, 9.17) is 5.11 Å². The Hall–Kier alpha value is -1.14. The van der Waals surface area contributed by atoms with Crippen LogP contribution in [-0.4, -0.2) is 53.4 Å². The van der Waals surface area contributed by atoms with Crippen LogP contribution in [0.25, 0.3) is 0 Å². The minimum Gasteiger partial charge on any atom is -0.481 e. The molecule has 2 aliphatic heterocycles. The lowest BCUT2D eigenvalue weighted by Gasteiger charge is -2.25. The second kappa shape index (κ2) is 7.85. The molecule has 2 saturated heterocycles. The van der Waals surface area contributed by atoms with Crippen molar-refractivity contribution in [3.63, 3.8) is 0 Å². The van der Waals surface area contributed by atoms with E-state index in [1.807, 2.05) is 29.2 Å². The Morgan fingerprint density at radius 2 is 2.00 bits per heavy atom. The van der Waals surface area contributed by atoms with Gasteiger partial charge in [-0.3, -0.25) is 9.59 Å². The number of rotatable bonds is 5. The fraction of sp³-hybridized carbons (Fsp3) is 0.438. The summed E-state index contributed by atoms with van der Waals surface area (Å²) in [4.78, 5) is 28.8. The number of amidine groups is 1. The van der Waals surface area contributed by atoms with Crippen molar-refractivity contribution in [1.82, 2.24) is 0 Å². The minimum atomic E-state index is -3.11. The molecule has 0 unspecified atom stereocenters. The largest absolute Gasteiger partial charge is 0.481 e. The smallest absolute Gasteiger partial charge is 0.303 e. The van der Waals surface area contributed by atoms with Gasteiger partial charge in [0.1, 0.15) is 0 Å². The number of aliphatic imine (C=N–C) groups is 1. The molecule has 2 heterocycles. The summed E-state index contributed by atoms with van der Waals surface area (Å²) in [6.45, 7) is 0. The predicted octanol–water partition coefficient (Wildman–Crippen LogP) is 2.15. The average molecular weight is 508 g/mol. The van der Waals surface area contributed by atoms with Gasteiger partial charge in [-0.2, -0.15) is 4.99 Å². The van der Waals surface area contributed by atoms with E-state index in [2.05, 4.69) is 27.6 Å². The minimum absolute atomic E-state index is 0.0435. The van der Waals surface area contributed by atoms with Gasteiger partial charge in [0, 0.05) is 21.7 Å². The third kappa shape index (κ3) is 4.39. The Labute approximate surface area is 169 Å². The van der Waals surface area contributed by atoms with Crippen LogP contribution in [0.3, 0.4) is 0 Å². The molecule has 1 aromatic carbocycles. The van der Waals surface area contributed by atoms with Gasteiger partial charge in [-0.15, -0.1) is 0 Å². The van der Waals surface area contributed by atoms with Crippen LogP contribution in [0.4, 0.5) is 5.69 Å². The zero-order chi connectivity index (χ0) is 18.9. The number of thioether (sulfide) groups is 1. The summed E-state index contributed by atoms with van der Waals surface area (Å²) in [7, 11) is -3.11. The number of hydrogen-bond donors (Lipinski definition) is 1. The summed E-state index contributed by atoms with van der Waals surface area (Å²) >= 11 is 3.50. The topological polar surface area (TPSA) is 104 Å². The SMILES string of the molecule is O=C(O)CCCC(=O)N=C1S[C@@H]2CS(=O)(=O)C[C@H]2N1c1ccccc1I. The Morgan fingerprint density at radius 3 is 2.69 bits per heavy atom. The molecule has 1 N–H and O–H groups in total. The number of amides is 1. The maximum Gasteiger partial charge on any atom is 0.303 e. The van der Waals surface area contributed by atoms with Crippen molar-refractivity contribution in [2.45, 2.75) is 30.6 Å². The number of anilines is 1. The van der Waals surface area contributed by atoms with Crippen LogP contribution < -0.4 is 4.90 Å². The molecule has 3 rings (SSSR count). The molecule has 0 radical (unpaired) electrons. The Morgan fingerprint density at radius 1 is 1.27 bits per heavy atom. The van der Waals surface area contributed by atoms with E-state index in [9.17, 15) is 18.0 Å². The van der Waals surface area contributed by atoms with Gasteiger partial charge >= 0.3 is 5.97 Å². The highest BCUT2D eigenvalue weighted by Crippen LogP contribution is 2.42. The van der Waals surface area contributed by atoms with Crippen LogP contribution in [0.2, 0.25) is 0 Å². The molecule has 7 nitrogen and oxygen atoms in total. The van der Waals surface area contributed by atoms with E-state index in [1.165, 1.54) is 11.8 Å². The number of aliphatic carboxylic acids is 1. The molecule has 10 heteroatoms. The summed E-state index contributed by atoms with van der Waals surface area (Å²) in [5, 5.41) is 9.02. The lowest BCUT2D eigenvalue weighted by molar-refractivity contribution is -0.137.